The van der Waals surface area contributed by atoms with Crippen LogP contribution in [0.5, 0.6) is 5.88 Å². The van der Waals surface area contributed by atoms with Crippen LogP contribution in [0.3, 0.4) is 0 Å². The van der Waals surface area contributed by atoms with Gasteiger partial charge >= 0.3 is 5.97 Å². The summed E-state index contributed by atoms with van der Waals surface area (Å²) in [7, 11) is 0. The summed E-state index contributed by atoms with van der Waals surface area (Å²) in [6, 6.07) is 5.19. The number of esters is 1. The van der Waals surface area contributed by atoms with E-state index in [1.807, 2.05) is 6.07 Å². The second-order valence-electron chi connectivity index (χ2n) is 5.50. The SMILES string of the molecule is CCOC(=O)Cc1[nH]nc2c1[C@H](c1ccc(F)c(F)c1)C(C#N)=C(N)O2. The molecule has 3 rings (SSSR count). The number of fused-ring (bicyclic) bond motifs is 1. The van der Waals surface area contributed by atoms with Gasteiger partial charge in [-0.25, -0.2) is 8.78 Å². The Morgan fingerprint density at radius 3 is 2.88 bits per heavy atom. The molecule has 1 aliphatic heterocycles. The third-order valence-corrected chi connectivity index (χ3v) is 3.92. The average molecular weight is 360 g/mol. The fourth-order valence-corrected chi connectivity index (χ4v) is 2.83. The van der Waals surface area contributed by atoms with Crippen LogP contribution in [-0.2, 0) is 16.0 Å². The highest BCUT2D eigenvalue weighted by Crippen LogP contribution is 2.43. The molecule has 0 bridgehead atoms. The fourth-order valence-electron chi connectivity index (χ4n) is 2.83. The number of nitrogens with two attached hydrogens (primary N) is 1. The molecule has 0 aliphatic carbocycles. The zero-order valence-electron chi connectivity index (χ0n) is 13.7. The van der Waals surface area contributed by atoms with E-state index in [1.165, 1.54) is 6.07 Å². The Morgan fingerprint density at radius 1 is 1.46 bits per heavy atom. The minimum Gasteiger partial charge on any atom is -0.466 e. The molecule has 1 aromatic heterocycles. The smallest absolute Gasteiger partial charge is 0.311 e. The van der Waals surface area contributed by atoms with Crippen LogP contribution in [0.15, 0.2) is 29.7 Å². The molecule has 26 heavy (non-hydrogen) atoms. The van der Waals surface area contributed by atoms with E-state index < -0.39 is 23.5 Å². The van der Waals surface area contributed by atoms with Gasteiger partial charge in [-0.1, -0.05) is 6.07 Å². The van der Waals surface area contributed by atoms with Crippen LogP contribution in [0.25, 0.3) is 0 Å². The largest absolute Gasteiger partial charge is 0.466 e. The molecular weight excluding hydrogens is 346 g/mol. The number of nitriles is 1. The van der Waals surface area contributed by atoms with Crippen molar-refractivity contribution in [2.45, 2.75) is 19.3 Å². The molecular formula is C17H14F2N4O3. The molecule has 7 nitrogen and oxygen atoms in total. The average Bonchev–Trinajstić information content (AvgIpc) is 2.98. The number of nitrogens with zero attached hydrogens (tertiary/aromatic N) is 2. The maximum atomic E-state index is 13.7. The van der Waals surface area contributed by atoms with Gasteiger partial charge in [0.1, 0.15) is 11.6 Å². The number of halogens is 2. The second kappa shape index (κ2) is 6.84. The summed E-state index contributed by atoms with van der Waals surface area (Å²) in [6.07, 6.45) is -0.154. The number of aromatic amines is 1. The molecule has 9 heteroatoms. The Labute approximate surface area is 147 Å². The summed E-state index contributed by atoms with van der Waals surface area (Å²) >= 11 is 0. The summed E-state index contributed by atoms with van der Waals surface area (Å²) in [4.78, 5) is 11.8. The van der Waals surface area contributed by atoms with Crippen molar-refractivity contribution >= 4 is 5.97 Å². The standard InChI is InChI=1S/C17H14F2N4O3/c1-2-25-13(24)6-12-15-14(8-3-4-10(18)11(19)5-8)9(7-20)16(21)26-17(15)23-22-12/h3-5,14H,2,6,21H2,1H3,(H,22,23)/t14-/m1/s1. The van der Waals surface area contributed by atoms with Crippen LogP contribution in [-0.4, -0.2) is 22.8 Å². The fraction of sp³-hybridized carbons (Fsp3) is 0.235. The summed E-state index contributed by atoms with van der Waals surface area (Å²) in [6.45, 7) is 1.87. The third kappa shape index (κ3) is 2.97. The highest BCUT2D eigenvalue weighted by Gasteiger charge is 2.36. The zero-order valence-corrected chi connectivity index (χ0v) is 13.7. The van der Waals surface area contributed by atoms with Crippen LogP contribution in [0.1, 0.15) is 29.7 Å². The second-order valence-corrected chi connectivity index (χ2v) is 5.50. The van der Waals surface area contributed by atoms with Gasteiger partial charge < -0.3 is 15.2 Å². The molecule has 0 radical (unpaired) electrons. The molecule has 0 amide bonds. The topological polar surface area (TPSA) is 114 Å². The Morgan fingerprint density at radius 2 is 2.23 bits per heavy atom. The van der Waals surface area contributed by atoms with Crippen molar-refractivity contribution in [3.05, 3.63) is 58.1 Å². The summed E-state index contributed by atoms with van der Waals surface area (Å²) < 4.78 is 37.3. The quantitative estimate of drug-likeness (QED) is 0.806. The number of nitrogens with one attached hydrogen (secondary N) is 1. The van der Waals surface area contributed by atoms with Crippen molar-refractivity contribution in [2.24, 2.45) is 5.73 Å². The van der Waals surface area contributed by atoms with E-state index in [2.05, 4.69) is 10.2 Å². The Bertz CT molecular complexity index is 946. The molecule has 134 valence electrons. The van der Waals surface area contributed by atoms with E-state index >= 15 is 0 Å². The number of ether oxygens (including phenoxy) is 2. The minimum atomic E-state index is -1.07. The van der Waals surface area contributed by atoms with Gasteiger partial charge in [0.2, 0.25) is 11.8 Å². The Balaban J connectivity index is 2.13. The maximum absolute atomic E-state index is 13.7. The number of carbonyl (C=O) groups excluding carboxylic acids is 1. The van der Waals surface area contributed by atoms with Gasteiger partial charge in [0.15, 0.2) is 11.6 Å². The number of rotatable bonds is 4. The molecule has 0 fully saturated rings. The van der Waals surface area contributed by atoms with Crippen molar-refractivity contribution < 1.29 is 23.0 Å². The van der Waals surface area contributed by atoms with Crippen LogP contribution in [0, 0.1) is 23.0 Å². The minimum absolute atomic E-state index is 0.00928. The number of carbonyl (C=O) groups is 1. The normalized spacial score (nSPS) is 15.8. The Kier molecular flexibility index (Phi) is 4.58. The molecule has 0 saturated heterocycles. The number of H-pyrrole nitrogens is 1. The van der Waals surface area contributed by atoms with E-state index in [0.29, 0.717) is 11.3 Å². The number of hydrogen-bond donors (Lipinski definition) is 2. The zero-order chi connectivity index (χ0) is 18.8. The van der Waals surface area contributed by atoms with Gasteiger partial charge in [-0.15, -0.1) is 5.10 Å². The van der Waals surface area contributed by atoms with Gasteiger partial charge in [-0.3, -0.25) is 9.89 Å². The summed E-state index contributed by atoms with van der Waals surface area (Å²) in [5.41, 5.74) is 6.76. The molecule has 1 aromatic carbocycles. The molecule has 0 unspecified atom stereocenters. The number of hydrogen-bond acceptors (Lipinski definition) is 6. The van der Waals surface area contributed by atoms with Crippen molar-refractivity contribution in [1.29, 1.82) is 5.26 Å². The highest BCUT2D eigenvalue weighted by molar-refractivity contribution is 5.73. The van der Waals surface area contributed by atoms with Crippen molar-refractivity contribution in [3.8, 4) is 11.9 Å². The van der Waals surface area contributed by atoms with Crippen molar-refractivity contribution in [3.63, 3.8) is 0 Å². The van der Waals surface area contributed by atoms with Crippen LogP contribution >= 0.6 is 0 Å². The van der Waals surface area contributed by atoms with E-state index in [-0.39, 0.29) is 35.9 Å². The van der Waals surface area contributed by atoms with Crippen molar-refractivity contribution in [2.75, 3.05) is 6.61 Å². The first-order chi connectivity index (χ1) is 12.5. The lowest BCUT2D eigenvalue weighted by atomic mass is 9.83. The number of allylic oxidation sites excluding steroid dienone is 1. The third-order valence-electron chi connectivity index (χ3n) is 3.92. The lowest BCUT2D eigenvalue weighted by Crippen LogP contribution is -2.22. The van der Waals surface area contributed by atoms with Gasteiger partial charge in [0.25, 0.3) is 0 Å². The van der Waals surface area contributed by atoms with E-state index in [9.17, 15) is 18.8 Å². The Hall–Kier alpha value is -3.41. The van der Waals surface area contributed by atoms with Crippen molar-refractivity contribution in [1.82, 2.24) is 10.2 Å². The predicted molar refractivity (Wildman–Crippen MR) is 84.6 cm³/mol. The molecule has 0 saturated carbocycles. The van der Waals surface area contributed by atoms with Gasteiger partial charge in [-0.05, 0) is 24.6 Å². The molecule has 1 atom stereocenters. The first-order valence-electron chi connectivity index (χ1n) is 7.71. The summed E-state index contributed by atoms with van der Waals surface area (Å²) in [5, 5.41) is 16.1. The van der Waals surface area contributed by atoms with Gasteiger partial charge in [-0.2, -0.15) is 5.26 Å². The van der Waals surface area contributed by atoms with Crippen LogP contribution in [0.4, 0.5) is 8.78 Å². The van der Waals surface area contributed by atoms with Crippen LogP contribution in [0.2, 0.25) is 0 Å². The summed E-state index contributed by atoms with van der Waals surface area (Å²) in [5.74, 6) is -3.58. The lowest BCUT2D eigenvalue weighted by molar-refractivity contribution is -0.142. The van der Waals surface area contributed by atoms with E-state index in [1.54, 1.807) is 6.92 Å². The molecule has 1 aliphatic rings. The number of aromatic nitrogens is 2. The monoisotopic (exact) mass is 360 g/mol. The number of benzene rings is 1. The molecule has 2 aromatic rings. The van der Waals surface area contributed by atoms with E-state index in [0.717, 1.165) is 12.1 Å². The first kappa shape index (κ1) is 17.4. The van der Waals surface area contributed by atoms with Gasteiger partial charge in [0.05, 0.1) is 30.2 Å². The highest BCUT2D eigenvalue weighted by atomic mass is 19.2. The first-order valence-corrected chi connectivity index (χ1v) is 7.71. The molecule has 0 spiro atoms. The lowest BCUT2D eigenvalue weighted by Gasteiger charge is -2.24. The predicted octanol–water partition coefficient (Wildman–Crippen LogP) is 2.01. The maximum Gasteiger partial charge on any atom is 0.311 e. The molecule has 2 heterocycles. The van der Waals surface area contributed by atoms with Gasteiger partial charge in [0, 0.05) is 0 Å². The van der Waals surface area contributed by atoms with E-state index in [4.69, 9.17) is 15.2 Å². The molecule has 3 N–H and O–H groups in total. The van der Waals surface area contributed by atoms with Crippen LogP contribution < -0.4 is 10.5 Å².